The van der Waals surface area contributed by atoms with Crippen LogP contribution in [0.15, 0.2) is 71.6 Å². The Kier molecular flexibility index (Phi) is 6.74. The number of carbonyl (C=O) groups is 1. The van der Waals surface area contributed by atoms with E-state index in [4.69, 9.17) is 13.7 Å². The lowest BCUT2D eigenvalue weighted by molar-refractivity contribution is -0.385. The van der Waals surface area contributed by atoms with Crippen molar-refractivity contribution in [2.75, 3.05) is 6.61 Å². The molecule has 0 aliphatic carbocycles. The van der Waals surface area contributed by atoms with E-state index < -0.39 is 31.6 Å². The van der Waals surface area contributed by atoms with Gasteiger partial charge in [-0.05, 0) is 44.2 Å². The fourth-order valence-corrected chi connectivity index (χ4v) is 3.79. The monoisotopic (exact) mass is 457 g/mol. The van der Waals surface area contributed by atoms with Crippen LogP contribution in [0, 0.1) is 17.0 Å². The van der Waals surface area contributed by atoms with Gasteiger partial charge in [-0.2, -0.15) is 8.42 Å². The molecular weight excluding hydrogens is 438 g/mol. The van der Waals surface area contributed by atoms with Crippen LogP contribution < -0.4 is 8.92 Å². The van der Waals surface area contributed by atoms with Gasteiger partial charge in [-0.1, -0.05) is 24.3 Å². The summed E-state index contributed by atoms with van der Waals surface area (Å²) in [6.45, 7) is 2.93. The predicted molar refractivity (Wildman–Crippen MR) is 115 cm³/mol. The van der Waals surface area contributed by atoms with Gasteiger partial charge >= 0.3 is 16.1 Å². The average Bonchev–Trinajstić information content (AvgIpc) is 2.74. The molecule has 3 rings (SSSR count). The van der Waals surface area contributed by atoms with Crippen LogP contribution in [-0.4, -0.2) is 25.9 Å². The third-order valence-electron chi connectivity index (χ3n) is 4.32. The Hall–Kier alpha value is -3.92. The molecule has 0 saturated carbocycles. The van der Waals surface area contributed by atoms with E-state index in [-0.39, 0.29) is 23.5 Å². The zero-order valence-corrected chi connectivity index (χ0v) is 18.0. The highest BCUT2D eigenvalue weighted by Gasteiger charge is 2.27. The Morgan fingerprint density at radius 3 is 2.28 bits per heavy atom. The first-order chi connectivity index (χ1) is 15.2. The third-order valence-corrected chi connectivity index (χ3v) is 5.55. The van der Waals surface area contributed by atoms with Crippen molar-refractivity contribution in [3.05, 3.63) is 88.0 Å². The van der Waals surface area contributed by atoms with E-state index in [1.165, 1.54) is 25.1 Å². The van der Waals surface area contributed by atoms with Gasteiger partial charge in [0.05, 0.1) is 17.1 Å². The molecule has 0 fully saturated rings. The van der Waals surface area contributed by atoms with Crippen LogP contribution in [-0.2, 0) is 14.9 Å². The second kappa shape index (κ2) is 9.48. The van der Waals surface area contributed by atoms with Crippen LogP contribution in [0.5, 0.6) is 17.2 Å². The number of nitrogens with zero attached hydrogens (tertiary/aromatic N) is 1. The van der Waals surface area contributed by atoms with E-state index in [1.807, 2.05) is 6.07 Å². The average molecular weight is 457 g/mol. The summed E-state index contributed by atoms with van der Waals surface area (Å²) in [7, 11) is -4.51. The van der Waals surface area contributed by atoms with E-state index in [9.17, 15) is 23.3 Å². The number of nitro benzene ring substituents is 1. The molecule has 0 aliphatic heterocycles. The van der Waals surface area contributed by atoms with Crippen molar-refractivity contribution in [1.29, 1.82) is 0 Å². The number of para-hydroxylation sites is 1. The van der Waals surface area contributed by atoms with Crippen molar-refractivity contribution >= 4 is 21.8 Å². The van der Waals surface area contributed by atoms with Crippen LogP contribution in [0.2, 0.25) is 0 Å². The minimum atomic E-state index is -4.51. The molecule has 0 aliphatic rings. The van der Waals surface area contributed by atoms with Gasteiger partial charge in [0.2, 0.25) is 0 Å². The highest BCUT2D eigenvalue weighted by molar-refractivity contribution is 7.87. The fraction of sp³-hybridized carbons (Fsp3) is 0.136. The van der Waals surface area contributed by atoms with E-state index >= 15 is 0 Å². The van der Waals surface area contributed by atoms with Gasteiger partial charge in [0.15, 0.2) is 0 Å². The summed E-state index contributed by atoms with van der Waals surface area (Å²) in [5, 5.41) is 11.4. The van der Waals surface area contributed by atoms with Crippen LogP contribution in [0.4, 0.5) is 5.69 Å². The molecule has 0 unspecified atom stereocenters. The summed E-state index contributed by atoms with van der Waals surface area (Å²) in [4.78, 5) is 22.3. The molecule has 9 nitrogen and oxygen atoms in total. The molecule has 0 aromatic heterocycles. The van der Waals surface area contributed by atoms with Crippen molar-refractivity contribution in [2.45, 2.75) is 18.7 Å². The maximum absolute atomic E-state index is 12.9. The maximum atomic E-state index is 12.9. The summed E-state index contributed by atoms with van der Waals surface area (Å²) in [6, 6.07) is 16.6. The van der Waals surface area contributed by atoms with Crippen molar-refractivity contribution in [1.82, 2.24) is 0 Å². The molecule has 0 radical (unpaired) electrons. The zero-order valence-electron chi connectivity index (χ0n) is 17.2. The molecule has 0 bridgehead atoms. The normalized spacial score (nSPS) is 10.9. The van der Waals surface area contributed by atoms with Gasteiger partial charge in [-0.15, -0.1) is 0 Å². The molecule has 0 spiro atoms. The molecule has 32 heavy (non-hydrogen) atoms. The number of hydrogen-bond acceptors (Lipinski definition) is 8. The van der Waals surface area contributed by atoms with Crippen molar-refractivity contribution in [3.63, 3.8) is 0 Å². The predicted octanol–water partition coefficient (Wildman–Crippen LogP) is 4.64. The van der Waals surface area contributed by atoms with Gasteiger partial charge < -0.3 is 13.7 Å². The first kappa shape index (κ1) is 22.8. The number of ether oxygens (including phenoxy) is 2. The minimum absolute atomic E-state index is 0.00865. The number of hydrogen-bond donors (Lipinski definition) is 0. The maximum Gasteiger partial charge on any atom is 0.339 e. The number of esters is 1. The summed E-state index contributed by atoms with van der Waals surface area (Å²) in [6.07, 6.45) is 0. The molecule has 0 saturated heterocycles. The third kappa shape index (κ3) is 5.22. The van der Waals surface area contributed by atoms with Gasteiger partial charge in [-0.25, -0.2) is 4.79 Å². The van der Waals surface area contributed by atoms with Crippen molar-refractivity contribution < 1.29 is 31.8 Å². The van der Waals surface area contributed by atoms with E-state index in [0.29, 0.717) is 11.5 Å². The fourth-order valence-electron chi connectivity index (χ4n) is 2.82. The largest absolute Gasteiger partial charge is 0.462 e. The molecule has 0 N–H and O–H groups in total. The Bertz CT molecular complexity index is 1260. The van der Waals surface area contributed by atoms with E-state index in [2.05, 4.69) is 0 Å². The molecule has 0 amide bonds. The number of benzene rings is 3. The zero-order chi connectivity index (χ0) is 23.3. The first-order valence-electron chi connectivity index (χ1n) is 9.45. The van der Waals surface area contributed by atoms with Gasteiger partial charge in [-0.3, -0.25) is 10.1 Å². The molecule has 0 atom stereocenters. The molecule has 3 aromatic carbocycles. The quantitative estimate of drug-likeness (QED) is 0.207. The molecule has 0 heterocycles. The number of carbonyl (C=O) groups excluding carboxylic acids is 1. The topological polar surface area (TPSA) is 122 Å². The Labute approximate surface area is 184 Å². The minimum Gasteiger partial charge on any atom is -0.462 e. The highest BCUT2D eigenvalue weighted by Crippen LogP contribution is 2.30. The lowest BCUT2D eigenvalue weighted by atomic mass is 10.1. The Morgan fingerprint density at radius 1 is 0.969 bits per heavy atom. The number of nitro groups is 1. The van der Waals surface area contributed by atoms with Crippen LogP contribution >= 0.6 is 0 Å². The van der Waals surface area contributed by atoms with Gasteiger partial charge in [0.25, 0.3) is 5.69 Å². The van der Waals surface area contributed by atoms with Gasteiger partial charge in [0.1, 0.15) is 22.1 Å². The molecular formula is C22H19NO8S. The SMILES string of the molecule is CCOC(=O)c1cc(S(=O)(=O)Oc2cccc(Oc3ccccc3)c2)cc([N+](=O)[O-])c1C. The second-order valence-electron chi connectivity index (χ2n) is 6.52. The summed E-state index contributed by atoms with van der Waals surface area (Å²) < 4.78 is 41.4. The highest BCUT2D eigenvalue weighted by atomic mass is 32.2. The first-order valence-corrected chi connectivity index (χ1v) is 10.9. The second-order valence-corrected chi connectivity index (χ2v) is 8.07. The lowest BCUT2D eigenvalue weighted by Crippen LogP contribution is -2.14. The smallest absolute Gasteiger partial charge is 0.339 e. The van der Waals surface area contributed by atoms with Crippen LogP contribution in [0.3, 0.4) is 0 Å². The summed E-state index contributed by atoms with van der Waals surface area (Å²) in [5.41, 5.74) is -0.783. The Morgan fingerprint density at radius 2 is 1.62 bits per heavy atom. The summed E-state index contributed by atoms with van der Waals surface area (Å²) >= 11 is 0. The molecule has 166 valence electrons. The molecule has 3 aromatic rings. The standard InChI is InChI=1S/C22H19NO8S/c1-3-29-22(24)20-13-19(14-21(15(20)2)23(25)26)32(27,28)31-18-11-7-10-17(12-18)30-16-8-5-4-6-9-16/h4-14H,3H2,1-2H3. The van der Waals surface area contributed by atoms with E-state index in [0.717, 1.165) is 12.1 Å². The Balaban J connectivity index is 1.95. The van der Waals surface area contributed by atoms with Gasteiger partial charge in [0, 0.05) is 17.7 Å². The van der Waals surface area contributed by atoms with Crippen LogP contribution in [0.1, 0.15) is 22.8 Å². The summed E-state index contributed by atoms with van der Waals surface area (Å²) in [5.74, 6) is -0.0745. The number of rotatable bonds is 8. The van der Waals surface area contributed by atoms with Crippen LogP contribution in [0.25, 0.3) is 0 Å². The lowest BCUT2D eigenvalue weighted by Gasteiger charge is -2.12. The van der Waals surface area contributed by atoms with E-state index in [1.54, 1.807) is 37.3 Å². The molecule has 10 heteroatoms. The van der Waals surface area contributed by atoms with Crippen molar-refractivity contribution in [2.24, 2.45) is 0 Å². The van der Waals surface area contributed by atoms with Crippen molar-refractivity contribution in [3.8, 4) is 17.2 Å².